The van der Waals surface area contributed by atoms with Gasteiger partial charge in [-0.15, -0.1) is 0 Å². The molecule has 0 aliphatic heterocycles. The van der Waals surface area contributed by atoms with Gasteiger partial charge in [-0.3, -0.25) is 0 Å². The molecular weight excluding hydrogens is 809 g/mol. The maximum absolute atomic E-state index is 2.45. The lowest BCUT2D eigenvalue weighted by molar-refractivity contribution is 0.660. The number of rotatable bonds is 7. The molecular formula is C65H46N2. The number of benzene rings is 11. The molecule has 13 rings (SSSR count). The van der Waals surface area contributed by atoms with Gasteiger partial charge in [-0.25, -0.2) is 0 Å². The molecule has 1 heterocycles. The van der Waals surface area contributed by atoms with Crippen molar-refractivity contribution in [2.45, 2.75) is 19.3 Å². The first-order valence-corrected chi connectivity index (χ1v) is 23.3. The molecule has 67 heavy (non-hydrogen) atoms. The molecule has 0 radical (unpaired) electrons. The summed E-state index contributed by atoms with van der Waals surface area (Å²) < 4.78 is 2.38. The zero-order valence-corrected chi connectivity index (χ0v) is 37.5. The van der Waals surface area contributed by atoms with Crippen LogP contribution >= 0.6 is 0 Å². The van der Waals surface area contributed by atoms with Crippen LogP contribution < -0.4 is 4.90 Å². The van der Waals surface area contributed by atoms with Gasteiger partial charge < -0.3 is 9.47 Å². The fourth-order valence-corrected chi connectivity index (χ4v) is 11.1. The Bertz CT molecular complexity index is 3890. The van der Waals surface area contributed by atoms with Gasteiger partial charge >= 0.3 is 0 Å². The molecule has 0 amide bonds. The summed E-state index contributed by atoms with van der Waals surface area (Å²) in [5.74, 6) is 0. The second-order valence-electron chi connectivity index (χ2n) is 18.5. The van der Waals surface area contributed by atoms with E-state index in [2.05, 4.69) is 266 Å². The summed E-state index contributed by atoms with van der Waals surface area (Å²) in [6.07, 6.45) is 0. The Morgan fingerprint density at radius 3 is 1.85 bits per heavy atom. The summed E-state index contributed by atoms with van der Waals surface area (Å²) in [7, 11) is 0. The summed E-state index contributed by atoms with van der Waals surface area (Å²) >= 11 is 0. The Balaban J connectivity index is 0.965. The minimum atomic E-state index is -0.108. The molecule has 316 valence electrons. The Morgan fingerprint density at radius 2 is 0.970 bits per heavy atom. The van der Waals surface area contributed by atoms with E-state index in [-0.39, 0.29) is 5.41 Å². The van der Waals surface area contributed by atoms with Gasteiger partial charge in [0.1, 0.15) is 0 Å². The van der Waals surface area contributed by atoms with Crippen LogP contribution in [-0.4, -0.2) is 4.57 Å². The number of anilines is 3. The van der Waals surface area contributed by atoms with E-state index >= 15 is 0 Å². The minimum Gasteiger partial charge on any atom is -0.310 e. The van der Waals surface area contributed by atoms with Crippen molar-refractivity contribution in [3.8, 4) is 50.2 Å². The van der Waals surface area contributed by atoms with E-state index in [1.54, 1.807) is 0 Å². The van der Waals surface area contributed by atoms with Gasteiger partial charge in [0.2, 0.25) is 0 Å². The van der Waals surface area contributed by atoms with Crippen molar-refractivity contribution in [2.24, 2.45) is 0 Å². The van der Waals surface area contributed by atoms with Gasteiger partial charge in [-0.2, -0.15) is 0 Å². The second-order valence-corrected chi connectivity index (χ2v) is 18.5. The molecule has 1 aliphatic rings. The third kappa shape index (κ3) is 6.25. The predicted molar refractivity (Wildman–Crippen MR) is 284 cm³/mol. The standard InChI is InChI=1S/C65H46N2/c1-65(2)60-27-11-8-23-56(60)57-38-33-47(42-61(57)65)53-22-9-12-28-62(53)66(49-35-30-44(31-36-49)52-25-15-26-54-51-21-7-6-16-43(51)32-37-55(52)54)50-20-14-17-45(40-50)46-34-39-64-59(41-46)58-24-10-13-29-63(58)67(64)48-18-4-3-5-19-48/h3-42H,1-2H3. The average molecular weight is 855 g/mol. The first-order valence-electron chi connectivity index (χ1n) is 23.3. The molecule has 2 nitrogen and oxygen atoms in total. The number of para-hydroxylation sites is 3. The smallest absolute Gasteiger partial charge is 0.0541 e. The number of hydrogen-bond donors (Lipinski definition) is 0. The lowest BCUT2D eigenvalue weighted by Crippen LogP contribution is -2.15. The largest absolute Gasteiger partial charge is 0.310 e. The van der Waals surface area contributed by atoms with Crippen LogP contribution in [0.5, 0.6) is 0 Å². The van der Waals surface area contributed by atoms with E-state index in [0.29, 0.717) is 0 Å². The fraction of sp³-hybridized carbons (Fsp3) is 0.0462. The SMILES string of the molecule is CC1(C)c2ccccc2-c2ccc(-c3ccccc3N(c3ccc(-c4cccc5c4ccc4ccccc45)cc3)c3cccc(-c4ccc5c(c4)c4ccccc4n5-c4ccccc4)c3)cc21. The topological polar surface area (TPSA) is 8.17 Å². The third-order valence-electron chi connectivity index (χ3n) is 14.4. The van der Waals surface area contributed by atoms with E-state index in [1.807, 2.05) is 0 Å². The maximum atomic E-state index is 2.45. The van der Waals surface area contributed by atoms with Crippen LogP contribution in [0.4, 0.5) is 17.1 Å². The Morgan fingerprint density at radius 1 is 0.328 bits per heavy atom. The Labute approximate surface area is 391 Å². The van der Waals surface area contributed by atoms with Crippen LogP contribution in [0.3, 0.4) is 0 Å². The van der Waals surface area contributed by atoms with Gasteiger partial charge in [0.25, 0.3) is 0 Å². The molecule has 0 spiro atoms. The summed E-state index contributed by atoms with van der Waals surface area (Å²) in [6, 6.07) is 89.5. The van der Waals surface area contributed by atoms with Crippen LogP contribution in [0.15, 0.2) is 243 Å². The van der Waals surface area contributed by atoms with Gasteiger partial charge in [-0.1, -0.05) is 190 Å². The van der Waals surface area contributed by atoms with Crippen LogP contribution in [0.2, 0.25) is 0 Å². The molecule has 0 saturated heterocycles. The number of hydrogen-bond acceptors (Lipinski definition) is 1. The molecule has 0 fully saturated rings. The minimum absolute atomic E-state index is 0.108. The number of fused-ring (bicyclic) bond motifs is 9. The average Bonchev–Trinajstić information content (AvgIpc) is 3.84. The second kappa shape index (κ2) is 15.3. The Hall–Kier alpha value is -8.46. The van der Waals surface area contributed by atoms with Crippen molar-refractivity contribution in [2.75, 3.05) is 4.90 Å². The van der Waals surface area contributed by atoms with Gasteiger partial charge in [0, 0.05) is 38.8 Å². The molecule has 0 N–H and O–H groups in total. The summed E-state index contributed by atoms with van der Waals surface area (Å²) in [5.41, 5.74) is 19.3. The van der Waals surface area contributed by atoms with Crippen molar-refractivity contribution in [3.63, 3.8) is 0 Å². The highest BCUT2D eigenvalue weighted by Crippen LogP contribution is 2.51. The summed E-state index contributed by atoms with van der Waals surface area (Å²) in [5, 5.41) is 7.55. The quantitative estimate of drug-likeness (QED) is 0.145. The highest BCUT2D eigenvalue weighted by molar-refractivity contribution is 6.13. The Kier molecular flexibility index (Phi) is 8.91. The third-order valence-corrected chi connectivity index (χ3v) is 14.4. The van der Waals surface area contributed by atoms with Crippen LogP contribution in [0, 0.1) is 0 Å². The first kappa shape index (κ1) is 39.0. The van der Waals surface area contributed by atoms with Crippen molar-refractivity contribution in [1.29, 1.82) is 0 Å². The molecule has 0 saturated carbocycles. The first-order chi connectivity index (χ1) is 33.0. The van der Waals surface area contributed by atoms with Crippen molar-refractivity contribution < 1.29 is 0 Å². The molecule has 0 unspecified atom stereocenters. The van der Waals surface area contributed by atoms with Gasteiger partial charge in [-0.05, 0) is 138 Å². The summed E-state index contributed by atoms with van der Waals surface area (Å²) in [6.45, 7) is 4.73. The fourth-order valence-electron chi connectivity index (χ4n) is 11.1. The van der Waals surface area contributed by atoms with E-state index in [0.717, 1.165) is 28.3 Å². The predicted octanol–water partition coefficient (Wildman–Crippen LogP) is 17.9. The van der Waals surface area contributed by atoms with E-state index in [1.165, 1.54) is 93.4 Å². The van der Waals surface area contributed by atoms with Gasteiger partial charge in [0.15, 0.2) is 0 Å². The molecule has 0 atom stereocenters. The van der Waals surface area contributed by atoms with Gasteiger partial charge in [0.05, 0.1) is 16.7 Å². The molecule has 11 aromatic carbocycles. The lowest BCUT2D eigenvalue weighted by Gasteiger charge is -2.29. The van der Waals surface area contributed by atoms with E-state index in [9.17, 15) is 0 Å². The zero-order valence-electron chi connectivity index (χ0n) is 37.5. The maximum Gasteiger partial charge on any atom is 0.0541 e. The van der Waals surface area contributed by atoms with Crippen LogP contribution in [0.1, 0.15) is 25.0 Å². The monoisotopic (exact) mass is 854 g/mol. The highest BCUT2D eigenvalue weighted by atomic mass is 15.1. The van der Waals surface area contributed by atoms with Crippen molar-refractivity contribution >= 4 is 60.4 Å². The lowest BCUT2D eigenvalue weighted by atomic mass is 9.81. The van der Waals surface area contributed by atoms with Crippen molar-refractivity contribution in [3.05, 3.63) is 254 Å². The van der Waals surface area contributed by atoms with Crippen LogP contribution in [0.25, 0.3) is 93.5 Å². The molecule has 2 heteroatoms. The van der Waals surface area contributed by atoms with Crippen molar-refractivity contribution in [1.82, 2.24) is 4.57 Å². The molecule has 12 aromatic rings. The van der Waals surface area contributed by atoms with Crippen LogP contribution in [-0.2, 0) is 5.41 Å². The van der Waals surface area contributed by atoms with E-state index < -0.39 is 0 Å². The molecule has 1 aliphatic carbocycles. The molecule has 0 bridgehead atoms. The highest BCUT2D eigenvalue weighted by Gasteiger charge is 2.35. The zero-order chi connectivity index (χ0) is 44.6. The number of nitrogens with zero attached hydrogens (tertiary/aromatic N) is 2. The molecule has 1 aromatic heterocycles. The normalized spacial score (nSPS) is 12.7. The summed E-state index contributed by atoms with van der Waals surface area (Å²) in [4.78, 5) is 2.45. The van der Waals surface area contributed by atoms with E-state index in [4.69, 9.17) is 0 Å². The number of aromatic nitrogens is 1.